The van der Waals surface area contributed by atoms with E-state index in [2.05, 4.69) is 15.3 Å². The van der Waals surface area contributed by atoms with Crippen molar-refractivity contribution in [3.63, 3.8) is 0 Å². The molecule has 0 unspecified atom stereocenters. The summed E-state index contributed by atoms with van der Waals surface area (Å²) in [4.78, 5) is 18.5. The monoisotopic (exact) mass is 197 g/mol. The third-order valence-electron chi connectivity index (χ3n) is 1.42. The molecule has 1 rings (SSSR count). The Bertz CT molecular complexity index is 341. The van der Waals surface area contributed by atoms with Crippen molar-refractivity contribution >= 4 is 17.4 Å². The van der Waals surface area contributed by atoms with Crippen LogP contribution in [0.15, 0.2) is 6.20 Å². The van der Waals surface area contributed by atoms with E-state index in [-0.39, 0.29) is 30.0 Å². The number of hydrogen-bond acceptors (Lipinski definition) is 6. The number of anilines is 2. The van der Waals surface area contributed by atoms with E-state index in [1.54, 1.807) is 0 Å². The first-order valence-corrected chi connectivity index (χ1v) is 3.83. The van der Waals surface area contributed by atoms with Gasteiger partial charge in [-0.25, -0.2) is 4.98 Å². The number of rotatable bonds is 3. The van der Waals surface area contributed by atoms with Crippen molar-refractivity contribution in [1.82, 2.24) is 9.97 Å². The molecule has 0 saturated heterocycles. The minimum absolute atomic E-state index is 0.131. The lowest BCUT2D eigenvalue weighted by molar-refractivity contribution is -0.114. The zero-order valence-electron chi connectivity index (χ0n) is 7.65. The molecule has 0 radical (unpaired) electrons. The maximum atomic E-state index is 10.9. The first kappa shape index (κ1) is 10.2. The first-order chi connectivity index (χ1) is 6.67. The fourth-order valence-corrected chi connectivity index (χ4v) is 0.757. The molecule has 0 fully saturated rings. The number of nitrogens with one attached hydrogen (secondary N) is 1. The SMILES string of the molecule is COc1ncc(N)c(NC(=O)CN)n1. The second-order valence-corrected chi connectivity index (χ2v) is 2.41. The summed E-state index contributed by atoms with van der Waals surface area (Å²) in [5.74, 6) is -0.176. The van der Waals surface area contributed by atoms with Crippen molar-refractivity contribution in [3.05, 3.63) is 6.20 Å². The number of amides is 1. The molecular formula is C7H11N5O2. The molecule has 0 atom stereocenters. The predicted molar refractivity (Wildman–Crippen MR) is 50.7 cm³/mol. The smallest absolute Gasteiger partial charge is 0.318 e. The Labute approximate surface area is 80.5 Å². The van der Waals surface area contributed by atoms with Crippen LogP contribution >= 0.6 is 0 Å². The molecule has 7 nitrogen and oxygen atoms in total. The molecule has 0 bridgehead atoms. The van der Waals surface area contributed by atoms with Crippen LogP contribution in [0.4, 0.5) is 11.5 Å². The second-order valence-electron chi connectivity index (χ2n) is 2.41. The van der Waals surface area contributed by atoms with Gasteiger partial charge in [0, 0.05) is 0 Å². The largest absolute Gasteiger partial charge is 0.467 e. The average Bonchev–Trinajstić information content (AvgIpc) is 2.21. The number of nitrogens with two attached hydrogens (primary N) is 2. The Morgan fingerprint density at radius 2 is 2.43 bits per heavy atom. The van der Waals surface area contributed by atoms with Gasteiger partial charge in [0.1, 0.15) is 0 Å². The van der Waals surface area contributed by atoms with E-state index < -0.39 is 0 Å². The van der Waals surface area contributed by atoms with Gasteiger partial charge < -0.3 is 21.5 Å². The van der Waals surface area contributed by atoms with Gasteiger partial charge in [0.2, 0.25) is 5.91 Å². The maximum absolute atomic E-state index is 10.9. The molecule has 7 heteroatoms. The lowest BCUT2D eigenvalue weighted by atomic mass is 10.4. The lowest BCUT2D eigenvalue weighted by Crippen LogP contribution is -2.23. The van der Waals surface area contributed by atoms with Gasteiger partial charge in [-0.05, 0) is 0 Å². The number of nitrogen functional groups attached to an aromatic ring is 1. The summed E-state index contributed by atoms with van der Waals surface area (Å²) in [6, 6.07) is 0.131. The van der Waals surface area contributed by atoms with Gasteiger partial charge >= 0.3 is 6.01 Å². The summed E-state index contributed by atoms with van der Waals surface area (Å²) < 4.78 is 4.76. The van der Waals surface area contributed by atoms with Crippen LogP contribution in [0.25, 0.3) is 0 Å². The van der Waals surface area contributed by atoms with Gasteiger partial charge in [-0.1, -0.05) is 0 Å². The Balaban J connectivity index is 2.89. The van der Waals surface area contributed by atoms with Crippen LogP contribution in [0, 0.1) is 0 Å². The van der Waals surface area contributed by atoms with E-state index in [0.717, 1.165) is 0 Å². The zero-order valence-corrected chi connectivity index (χ0v) is 7.65. The summed E-state index contributed by atoms with van der Waals surface area (Å²) in [6.45, 7) is -0.133. The first-order valence-electron chi connectivity index (χ1n) is 3.83. The molecule has 14 heavy (non-hydrogen) atoms. The number of hydrogen-bond donors (Lipinski definition) is 3. The van der Waals surface area contributed by atoms with Gasteiger partial charge in [-0.3, -0.25) is 4.79 Å². The van der Waals surface area contributed by atoms with Crippen LogP contribution in [-0.4, -0.2) is 29.5 Å². The van der Waals surface area contributed by atoms with Crippen molar-refractivity contribution in [1.29, 1.82) is 0 Å². The quantitative estimate of drug-likeness (QED) is 0.570. The normalized spacial score (nSPS) is 9.57. The minimum atomic E-state index is -0.377. The van der Waals surface area contributed by atoms with Gasteiger partial charge in [-0.15, -0.1) is 0 Å². The summed E-state index contributed by atoms with van der Waals surface area (Å²) in [5.41, 5.74) is 10.9. The highest BCUT2D eigenvalue weighted by Gasteiger charge is 2.07. The topological polar surface area (TPSA) is 116 Å². The van der Waals surface area contributed by atoms with E-state index in [1.165, 1.54) is 13.3 Å². The van der Waals surface area contributed by atoms with E-state index in [1.807, 2.05) is 0 Å². The molecule has 0 aliphatic carbocycles. The Morgan fingerprint density at radius 3 is 3.00 bits per heavy atom. The Kier molecular flexibility index (Phi) is 3.19. The van der Waals surface area contributed by atoms with Crippen molar-refractivity contribution in [2.45, 2.75) is 0 Å². The molecule has 0 aliphatic rings. The second kappa shape index (κ2) is 4.38. The summed E-state index contributed by atoms with van der Waals surface area (Å²) in [6.07, 6.45) is 1.35. The van der Waals surface area contributed by atoms with Crippen molar-refractivity contribution < 1.29 is 9.53 Å². The number of nitrogens with zero attached hydrogens (tertiary/aromatic N) is 2. The number of carbonyl (C=O) groups excluding carboxylic acids is 1. The zero-order chi connectivity index (χ0) is 10.6. The molecule has 76 valence electrons. The van der Waals surface area contributed by atoms with Crippen LogP contribution in [0.2, 0.25) is 0 Å². The lowest BCUT2D eigenvalue weighted by Gasteiger charge is -2.06. The standard InChI is InChI=1S/C7H11N5O2/c1-14-7-10-3-4(9)6(12-7)11-5(13)2-8/h3H,2,8-9H2,1H3,(H,10,11,12,13). The summed E-state index contributed by atoms with van der Waals surface area (Å²) in [5, 5.41) is 2.41. The molecule has 1 aromatic rings. The summed E-state index contributed by atoms with van der Waals surface area (Å²) in [7, 11) is 1.42. The van der Waals surface area contributed by atoms with Crippen LogP contribution in [-0.2, 0) is 4.79 Å². The Morgan fingerprint density at radius 1 is 1.71 bits per heavy atom. The third-order valence-corrected chi connectivity index (χ3v) is 1.42. The Hall–Kier alpha value is -1.89. The number of aromatic nitrogens is 2. The van der Waals surface area contributed by atoms with Gasteiger partial charge in [-0.2, -0.15) is 4.98 Å². The maximum Gasteiger partial charge on any atom is 0.318 e. The molecule has 0 aromatic carbocycles. The highest BCUT2D eigenvalue weighted by Crippen LogP contribution is 2.16. The van der Waals surface area contributed by atoms with Crippen molar-refractivity contribution in [2.75, 3.05) is 24.7 Å². The highest BCUT2D eigenvalue weighted by atomic mass is 16.5. The molecule has 1 amide bonds. The van der Waals surface area contributed by atoms with E-state index in [0.29, 0.717) is 0 Å². The molecule has 5 N–H and O–H groups in total. The number of carbonyl (C=O) groups is 1. The molecule has 0 aliphatic heterocycles. The van der Waals surface area contributed by atoms with Crippen LogP contribution in [0.1, 0.15) is 0 Å². The van der Waals surface area contributed by atoms with Gasteiger partial charge in [0.15, 0.2) is 5.82 Å². The average molecular weight is 197 g/mol. The number of ether oxygens (including phenoxy) is 1. The predicted octanol–water partition coefficient (Wildman–Crippen LogP) is -1.04. The van der Waals surface area contributed by atoms with Gasteiger partial charge in [0.25, 0.3) is 0 Å². The van der Waals surface area contributed by atoms with E-state index in [9.17, 15) is 4.79 Å². The van der Waals surface area contributed by atoms with Crippen molar-refractivity contribution in [3.8, 4) is 6.01 Å². The van der Waals surface area contributed by atoms with Crippen molar-refractivity contribution in [2.24, 2.45) is 5.73 Å². The molecule has 1 heterocycles. The van der Waals surface area contributed by atoms with E-state index >= 15 is 0 Å². The fraction of sp³-hybridized carbons (Fsp3) is 0.286. The fourth-order valence-electron chi connectivity index (χ4n) is 0.757. The molecular weight excluding hydrogens is 186 g/mol. The molecule has 1 aromatic heterocycles. The molecule has 0 spiro atoms. The highest BCUT2D eigenvalue weighted by molar-refractivity contribution is 5.93. The summed E-state index contributed by atoms with van der Waals surface area (Å²) >= 11 is 0. The molecule has 0 saturated carbocycles. The number of methoxy groups -OCH3 is 1. The van der Waals surface area contributed by atoms with Crippen LogP contribution in [0.3, 0.4) is 0 Å². The third kappa shape index (κ3) is 2.30. The minimum Gasteiger partial charge on any atom is -0.467 e. The van der Waals surface area contributed by atoms with Gasteiger partial charge in [0.05, 0.1) is 25.5 Å². The van der Waals surface area contributed by atoms with E-state index in [4.69, 9.17) is 16.2 Å². The van der Waals surface area contributed by atoms with Crippen LogP contribution < -0.4 is 21.5 Å². The van der Waals surface area contributed by atoms with Crippen LogP contribution in [0.5, 0.6) is 6.01 Å².